The topological polar surface area (TPSA) is 51.3 Å². The van der Waals surface area contributed by atoms with Crippen LogP contribution in [0.2, 0.25) is 0 Å². The van der Waals surface area contributed by atoms with Crippen molar-refractivity contribution in [2.75, 3.05) is 31.1 Å². The van der Waals surface area contributed by atoms with Gasteiger partial charge in [0, 0.05) is 12.1 Å². The molecule has 6 heteroatoms. The van der Waals surface area contributed by atoms with Crippen molar-refractivity contribution in [1.29, 1.82) is 0 Å². The Morgan fingerprint density at radius 2 is 1.85 bits per heavy atom. The van der Waals surface area contributed by atoms with Gasteiger partial charge in [0.1, 0.15) is 6.04 Å². The predicted molar refractivity (Wildman–Crippen MR) is 102 cm³/mol. The van der Waals surface area contributed by atoms with Crippen LogP contribution in [0, 0.1) is 0 Å². The molecule has 2 heterocycles. The molecular weight excluding hydrogens is 324 g/mol. The minimum Gasteiger partial charge on any atom is -0.360 e. The highest BCUT2D eigenvalue weighted by Crippen LogP contribution is 2.30. The Morgan fingerprint density at radius 3 is 2.54 bits per heavy atom. The Kier molecular flexibility index (Phi) is 5.48. The average Bonchev–Trinajstić information content (AvgIpc) is 3.38. The quantitative estimate of drug-likeness (QED) is 0.861. The molecule has 26 heavy (non-hydrogen) atoms. The Hall–Kier alpha value is -1.95. The maximum absolute atomic E-state index is 4.50. The zero-order valence-corrected chi connectivity index (χ0v) is 15.8. The van der Waals surface area contributed by atoms with Crippen molar-refractivity contribution in [1.82, 2.24) is 20.2 Å². The molecule has 2 aromatic rings. The van der Waals surface area contributed by atoms with E-state index in [1.807, 2.05) is 0 Å². The SMILES string of the molecule is CCC[C@@H](c1nnnn1C1CCCC1)[NH+]1CCN(c2ccccc2)CC1. The zero-order valence-electron chi connectivity index (χ0n) is 15.8. The number of nitrogens with zero attached hydrogens (tertiary/aromatic N) is 5. The standard InChI is InChI=1S/C20H30N6/c1-2-8-19(20-21-22-23-26(20)18-11-6-7-12-18)25-15-13-24(14-16-25)17-9-4-3-5-10-17/h3-5,9-10,18-19H,2,6-8,11-16H2,1H3/p+1/t19-/m0/s1. The number of tetrazole rings is 1. The van der Waals surface area contributed by atoms with Crippen molar-refractivity contribution in [2.24, 2.45) is 0 Å². The van der Waals surface area contributed by atoms with Crippen molar-refractivity contribution in [2.45, 2.75) is 57.5 Å². The monoisotopic (exact) mass is 355 g/mol. The van der Waals surface area contributed by atoms with Gasteiger partial charge in [-0.2, -0.15) is 0 Å². The maximum Gasteiger partial charge on any atom is 0.209 e. The number of anilines is 1. The van der Waals surface area contributed by atoms with Gasteiger partial charge in [0.05, 0.1) is 32.2 Å². The fourth-order valence-electron chi connectivity index (χ4n) is 4.68. The number of quaternary nitrogens is 1. The molecule has 6 nitrogen and oxygen atoms in total. The van der Waals surface area contributed by atoms with Crippen LogP contribution in [0.4, 0.5) is 5.69 Å². The minimum atomic E-state index is 0.425. The molecule has 1 saturated heterocycles. The van der Waals surface area contributed by atoms with E-state index in [0.717, 1.165) is 38.4 Å². The molecule has 0 spiro atoms. The van der Waals surface area contributed by atoms with E-state index in [9.17, 15) is 0 Å². The molecule has 1 aliphatic heterocycles. The summed E-state index contributed by atoms with van der Waals surface area (Å²) >= 11 is 0. The highest BCUT2D eigenvalue weighted by molar-refractivity contribution is 5.46. The summed E-state index contributed by atoms with van der Waals surface area (Å²) in [6.07, 6.45) is 7.42. The summed E-state index contributed by atoms with van der Waals surface area (Å²) in [5.41, 5.74) is 1.34. The molecule has 140 valence electrons. The number of aromatic nitrogens is 4. The third-order valence-electron chi connectivity index (χ3n) is 6.10. The van der Waals surface area contributed by atoms with Crippen LogP contribution in [0.5, 0.6) is 0 Å². The van der Waals surface area contributed by atoms with Crippen molar-refractivity contribution >= 4 is 5.69 Å². The van der Waals surface area contributed by atoms with Gasteiger partial charge in [-0.15, -0.1) is 5.10 Å². The van der Waals surface area contributed by atoms with Crippen LogP contribution < -0.4 is 9.80 Å². The van der Waals surface area contributed by atoms with Crippen molar-refractivity contribution in [3.8, 4) is 0 Å². The zero-order chi connectivity index (χ0) is 17.8. The number of hydrogen-bond donors (Lipinski definition) is 1. The summed E-state index contributed by atoms with van der Waals surface area (Å²) in [7, 11) is 0. The van der Waals surface area contributed by atoms with Crippen LogP contribution in [0.15, 0.2) is 30.3 Å². The number of piperazine rings is 1. The first-order valence-electron chi connectivity index (χ1n) is 10.3. The molecule has 2 aliphatic rings. The number of benzene rings is 1. The van der Waals surface area contributed by atoms with E-state index in [-0.39, 0.29) is 0 Å². The molecule has 0 bridgehead atoms. The molecule has 1 N–H and O–H groups in total. The van der Waals surface area contributed by atoms with Crippen LogP contribution in [0.25, 0.3) is 0 Å². The lowest BCUT2D eigenvalue weighted by atomic mass is 10.1. The first-order valence-corrected chi connectivity index (χ1v) is 10.3. The molecule has 1 saturated carbocycles. The fourth-order valence-corrected chi connectivity index (χ4v) is 4.68. The smallest absolute Gasteiger partial charge is 0.209 e. The molecular formula is C20H31N6+. The van der Waals surface area contributed by atoms with Crippen LogP contribution >= 0.6 is 0 Å². The largest absolute Gasteiger partial charge is 0.360 e. The van der Waals surface area contributed by atoms with E-state index in [2.05, 4.69) is 62.4 Å². The van der Waals surface area contributed by atoms with E-state index < -0.39 is 0 Å². The second-order valence-electron chi connectivity index (χ2n) is 7.74. The number of para-hydroxylation sites is 1. The van der Waals surface area contributed by atoms with Gasteiger partial charge in [0.25, 0.3) is 0 Å². The van der Waals surface area contributed by atoms with Gasteiger partial charge in [-0.3, -0.25) is 0 Å². The van der Waals surface area contributed by atoms with Crippen LogP contribution in [-0.4, -0.2) is 46.4 Å². The summed E-state index contributed by atoms with van der Waals surface area (Å²) in [5, 5.41) is 13.0. The average molecular weight is 356 g/mol. The molecule has 4 rings (SSSR count). The van der Waals surface area contributed by atoms with Gasteiger partial charge in [-0.05, 0) is 35.4 Å². The first-order chi connectivity index (χ1) is 12.9. The Morgan fingerprint density at radius 1 is 1.12 bits per heavy atom. The third-order valence-corrected chi connectivity index (χ3v) is 6.10. The molecule has 0 unspecified atom stereocenters. The van der Waals surface area contributed by atoms with Gasteiger partial charge >= 0.3 is 0 Å². The number of rotatable bonds is 6. The lowest BCUT2D eigenvalue weighted by molar-refractivity contribution is -0.933. The number of nitrogens with one attached hydrogen (secondary N) is 1. The van der Waals surface area contributed by atoms with E-state index in [4.69, 9.17) is 0 Å². The molecule has 1 aromatic heterocycles. The second kappa shape index (κ2) is 8.16. The normalized spacial score (nSPS) is 20.6. The second-order valence-corrected chi connectivity index (χ2v) is 7.74. The van der Waals surface area contributed by atoms with Crippen molar-refractivity contribution in [3.63, 3.8) is 0 Å². The Labute approximate surface area is 156 Å². The number of hydrogen-bond acceptors (Lipinski definition) is 4. The molecule has 1 aromatic carbocycles. The fraction of sp³-hybridized carbons (Fsp3) is 0.650. The van der Waals surface area contributed by atoms with Gasteiger partial charge in [-0.1, -0.05) is 44.4 Å². The Bertz CT molecular complexity index is 671. The van der Waals surface area contributed by atoms with Gasteiger partial charge in [-0.25, -0.2) is 4.68 Å². The van der Waals surface area contributed by atoms with Crippen LogP contribution in [-0.2, 0) is 0 Å². The van der Waals surface area contributed by atoms with E-state index in [1.54, 1.807) is 4.90 Å². The third kappa shape index (κ3) is 3.61. The molecule has 0 amide bonds. The van der Waals surface area contributed by atoms with E-state index >= 15 is 0 Å². The molecule has 1 aliphatic carbocycles. The van der Waals surface area contributed by atoms with Gasteiger partial charge < -0.3 is 9.80 Å². The van der Waals surface area contributed by atoms with E-state index in [0.29, 0.717) is 12.1 Å². The predicted octanol–water partition coefficient (Wildman–Crippen LogP) is 2.03. The lowest BCUT2D eigenvalue weighted by Crippen LogP contribution is -3.15. The Balaban J connectivity index is 1.47. The molecule has 2 fully saturated rings. The van der Waals surface area contributed by atoms with E-state index in [1.165, 1.54) is 37.8 Å². The lowest BCUT2D eigenvalue weighted by Gasteiger charge is -2.37. The molecule has 0 radical (unpaired) electrons. The summed E-state index contributed by atoms with van der Waals surface area (Å²) in [6, 6.07) is 11.7. The summed E-state index contributed by atoms with van der Waals surface area (Å²) in [4.78, 5) is 4.15. The van der Waals surface area contributed by atoms with Gasteiger partial charge in [0.15, 0.2) is 0 Å². The van der Waals surface area contributed by atoms with Crippen molar-refractivity contribution in [3.05, 3.63) is 36.2 Å². The summed E-state index contributed by atoms with van der Waals surface area (Å²) < 4.78 is 2.17. The van der Waals surface area contributed by atoms with Crippen LogP contribution in [0.1, 0.15) is 63.4 Å². The molecule has 1 atom stereocenters. The summed E-state index contributed by atoms with van der Waals surface area (Å²) in [6.45, 7) is 6.78. The maximum atomic E-state index is 4.50. The summed E-state index contributed by atoms with van der Waals surface area (Å²) in [5.74, 6) is 1.13. The first kappa shape index (κ1) is 17.5. The van der Waals surface area contributed by atoms with Crippen molar-refractivity contribution < 1.29 is 4.90 Å². The highest BCUT2D eigenvalue weighted by Gasteiger charge is 2.34. The minimum absolute atomic E-state index is 0.425. The van der Waals surface area contributed by atoms with Gasteiger partial charge in [0.2, 0.25) is 5.82 Å². The highest BCUT2D eigenvalue weighted by atomic mass is 15.6. The van der Waals surface area contributed by atoms with Crippen LogP contribution in [0.3, 0.4) is 0 Å².